The van der Waals surface area contributed by atoms with Crippen molar-refractivity contribution in [3.05, 3.63) is 59.7 Å². The van der Waals surface area contributed by atoms with Crippen LogP contribution >= 0.6 is 0 Å². The quantitative estimate of drug-likeness (QED) is 0.387. The molecule has 0 aliphatic rings. The monoisotopic (exact) mass is 425 g/mol. The zero-order valence-corrected chi connectivity index (χ0v) is 16.5. The van der Waals surface area contributed by atoms with E-state index < -0.39 is 17.8 Å². The van der Waals surface area contributed by atoms with Gasteiger partial charge in [0.1, 0.15) is 23.0 Å². The number of carboxylic acids is 1. The van der Waals surface area contributed by atoms with Gasteiger partial charge < -0.3 is 26.8 Å². The highest BCUT2D eigenvalue weighted by Gasteiger charge is 2.15. The smallest absolute Gasteiger partial charge is 0.341 e. The van der Waals surface area contributed by atoms with Crippen molar-refractivity contribution in [3.8, 4) is 11.4 Å². The molecule has 160 valence electrons. The number of nitrogens with zero attached hydrogens (tertiary/aromatic N) is 3. The predicted molar refractivity (Wildman–Crippen MR) is 113 cm³/mol. The molecule has 11 heteroatoms. The Morgan fingerprint density at radius 2 is 1.97 bits per heavy atom. The molecular weight excluding hydrogens is 405 g/mol. The molecular formula is C20H20FN7O3. The minimum atomic E-state index is -1.17. The van der Waals surface area contributed by atoms with Gasteiger partial charge in [-0.3, -0.25) is 0 Å². The molecule has 10 nitrogen and oxygen atoms in total. The van der Waals surface area contributed by atoms with Crippen LogP contribution in [0.5, 0.6) is 0 Å². The van der Waals surface area contributed by atoms with Crippen LogP contribution < -0.4 is 21.7 Å². The van der Waals surface area contributed by atoms with Gasteiger partial charge in [-0.05, 0) is 36.8 Å². The summed E-state index contributed by atoms with van der Waals surface area (Å²) < 4.78 is 14.5. The molecule has 3 rings (SSSR count). The van der Waals surface area contributed by atoms with Gasteiger partial charge in [0.15, 0.2) is 5.82 Å². The summed E-state index contributed by atoms with van der Waals surface area (Å²) in [6, 6.07) is 6.78. The zero-order valence-electron chi connectivity index (χ0n) is 16.5. The number of carbonyl (C=O) groups excluding carboxylic acids is 1. The van der Waals surface area contributed by atoms with Crippen molar-refractivity contribution in [3.63, 3.8) is 0 Å². The van der Waals surface area contributed by atoms with Crippen LogP contribution in [-0.2, 0) is 6.54 Å². The summed E-state index contributed by atoms with van der Waals surface area (Å²) >= 11 is 0. The second-order valence-corrected chi connectivity index (χ2v) is 6.38. The molecule has 0 spiro atoms. The Balaban J connectivity index is 1.71. The van der Waals surface area contributed by atoms with E-state index in [2.05, 4.69) is 30.9 Å². The number of amides is 2. The minimum absolute atomic E-state index is 0.0363. The fraction of sp³-hybridized carbons (Fsp3) is 0.150. The Bertz CT molecular complexity index is 1110. The number of nitrogens with one attached hydrogen (secondary N) is 3. The third-order valence-electron chi connectivity index (χ3n) is 4.14. The Hall–Kier alpha value is -4.28. The van der Waals surface area contributed by atoms with Crippen molar-refractivity contribution in [2.75, 3.05) is 22.9 Å². The van der Waals surface area contributed by atoms with Crippen LogP contribution in [0.1, 0.15) is 22.8 Å². The lowest BCUT2D eigenvalue weighted by atomic mass is 10.1. The molecule has 0 fully saturated rings. The maximum absolute atomic E-state index is 14.5. The van der Waals surface area contributed by atoms with E-state index in [0.717, 1.165) is 17.8 Å². The minimum Gasteiger partial charge on any atom is -0.477 e. The van der Waals surface area contributed by atoms with Gasteiger partial charge in [0.2, 0.25) is 0 Å². The Kier molecular flexibility index (Phi) is 6.55. The number of carbonyl (C=O) groups is 2. The molecule has 1 aromatic carbocycles. The summed E-state index contributed by atoms with van der Waals surface area (Å²) in [5.41, 5.74) is 6.45. The highest BCUT2D eigenvalue weighted by molar-refractivity contribution is 5.93. The first-order valence-corrected chi connectivity index (χ1v) is 9.26. The third-order valence-corrected chi connectivity index (χ3v) is 4.14. The summed E-state index contributed by atoms with van der Waals surface area (Å²) in [5, 5.41) is 17.1. The summed E-state index contributed by atoms with van der Waals surface area (Å²) in [7, 11) is 0. The number of hydrogen-bond donors (Lipinski definition) is 5. The fourth-order valence-corrected chi connectivity index (χ4v) is 2.62. The molecule has 0 saturated carbocycles. The molecule has 31 heavy (non-hydrogen) atoms. The van der Waals surface area contributed by atoms with Crippen molar-refractivity contribution < 1.29 is 19.1 Å². The molecule has 0 saturated heterocycles. The van der Waals surface area contributed by atoms with Gasteiger partial charge in [0.25, 0.3) is 0 Å². The molecule has 2 aromatic heterocycles. The van der Waals surface area contributed by atoms with E-state index in [-0.39, 0.29) is 29.4 Å². The predicted octanol–water partition coefficient (Wildman–Crippen LogP) is 2.71. The molecule has 2 amide bonds. The molecule has 0 bridgehead atoms. The summed E-state index contributed by atoms with van der Waals surface area (Å²) in [6.07, 6.45) is 2.69. The first-order chi connectivity index (χ1) is 14.9. The van der Waals surface area contributed by atoms with Gasteiger partial charge in [-0.2, -0.15) is 0 Å². The van der Waals surface area contributed by atoms with Crippen LogP contribution in [-0.4, -0.2) is 38.6 Å². The largest absolute Gasteiger partial charge is 0.477 e. The van der Waals surface area contributed by atoms with Crippen LogP contribution in [0.15, 0.2) is 42.7 Å². The molecule has 0 unspecified atom stereocenters. The van der Waals surface area contributed by atoms with Gasteiger partial charge in [0.05, 0.1) is 5.69 Å². The third kappa shape index (κ3) is 5.41. The Morgan fingerprint density at radius 3 is 2.61 bits per heavy atom. The van der Waals surface area contributed by atoms with Gasteiger partial charge in [0, 0.05) is 31.0 Å². The van der Waals surface area contributed by atoms with Gasteiger partial charge in [-0.25, -0.2) is 28.9 Å². The molecule has 3 aromatic rings. The van der Waals surface area contributed by atoms with E-state index in [1.165, 1.54) is 18.3 Å². The highest BCUT2D eigenvalue weighted by Crippen LogP contribution is 2.24. The number of urea groups is 1. The number of pyridine rings is 1. The number of nitrogens with two attached hydrogens (primary N) is 1. The number of carboxylic acid groups (broad SMARTS) is 1. The SMILES string of the molecule is CCNc1nc(-c2ccc(NC(=O)NCc3ccc(N)nc3)c(F)c2)ncc1C(=O)O. The number of halogens is 1. The standard InChI is InChI=1S/C20H20FN7O3/c1-2-23-18-13(19(29)30)10-25-17(28-18)12-4-5-15(14(21)7-12)27-20(31)26-9-11-3-6-16(22)24-8-11/h3-8,10H,2,9H2,1H3,(H2,22,24)(H,29,30)(H,23,25,28)(H2,26,27,31). The molecule has 2 heterocycles. The zero-order chi connectivity index (χ0) is 22.4. The second-order valence-electron chi connectivity index (χ2n) is 6.38. The average molecular weight is 425 g/mol. The number of benzene rings is 1. The van der Waals surface area contributed by atoms with E-state index in [4.69, 9.17) is 5.73 Å². The maximum atomic E-state index is 14.5. The number of aromatic nitrogens is 3. The van der Waals surface area contributed by atoms with Crippen molar-refractivity contribution in [2.24, 2.45) is 0 Å². The normalized spacial score (nSPS) is 10.4. The average Bonchev–Trinajstić information content (AvgIpc) is 2.75. The van der Waals surface area contributed by atoms with Crippen LogP contribution in [0.2, 0.25) is 0 Å². The van der Waals surface area contributed by atoms with Gasteiger partial charge >= 0.3 is 12.0 Å². The van der Waals surface area contributed by atoms with Crippen molar-refractivity contribution in [1.82, 2.24) is 20.3 Å². The lowest BCUT2D eigenvalue weighted by molar-refractivity contribution is 0.0697. The molecule has 0 aliphatic heterocycles. The number of hydrogen-bond acceptors (Lipinski definition) is 7. The number of rotatable bonds is 7. The lowest BCUT2D eigenvalue weighted by Crippen LogP contribution is -2.28. The van der Waals surface area contributed by atoms with Crippen LogP contribution in [0.3, 0.4) is 0 Å². The fourth-order valence-electron chi connectivity index (χ4n) is 2.62. The van der Waals surface area contributed by atoms with Gasteiger partial charge in [-0.15, -0.1) is 0 Å². The second kappa shape index (κ2) is 9.48. The lowest BCUT2D eigenvalue weighted by Gasteiger charge is -2.11. The van der Waals surface area contributed by atoms with E-state index in [1.54, 1.807) is 19.1 Å². The first kappa shape index (κ1) is 21.4. The molecule has 0 atom stereocenters. The summed E-state index contributed by atoms with van der Waals surface area (Å²) in [5.74, 6) is -1.22. The molecule has 0 aliphatic carbocycles. The van der Waals surface area contributed by atoms with Crippen LogP contribution in [0.4, 0.5) is 26.5 Å². The van der Waals surface area contributed by atoms with E-state index in [1.807, 2.05) is 0 Å². The Morgan fingerprint density at radius 1 is 1.16 bits per heavy atom. The van der Waals surface area contributed by atoms with E-state index >= 15 is 0 Å². The number of nitrogen functional groups attached to an aromatic ring is 1. The van der Waals surface area contributed by atoms with E-state index in [9.17, 15) is 19.1 Å². The Labute approximate surface area is 176 Å². The van der Waals surface area contributed by atoms with Gasteiger partial charge in [-0.1, -0.05) is 6.07 Å². The van der Waals surface area contributed by atoms with Crippen LogP contribution in [0.25, 0.3) is 11.4 Å². The highest BCUT2D eigenvalue weighted by atomic mass is 19.1. The summed E-state index contributed by atoms with van der Waals surface area (Å²) in [4.78, 5) is 35.4. The van der Waals surface area contributed by atoms with Crippen molar-refractivity contribution in [1.29, 1.82) is 0 Å². The number of aromatic carboxylic acids is 1. The van der Waals surface area contributed by atoms with Crippen LogP contribution in [0, 0.1) is 5.82 Å². The van der Waals surface area contributed by atoms with E-state index in [0.29, 0.717) is 17.9 Å². The molecule has 6 N–H and O–H groups in total. The van der Waals surface area contributed by atoms with Crippen molar-refractivity contribution in [2.45, 2.75) is 13.5 Å². The number of anilines is 3. The van der Waals surface area contributed by atoms with Crippen molar-refractivity contribution >= 4 is 29.3 Å². The molecule has 0 radical (unpaired) electrons. The summed E-state index contributed by atoms with van der Waals surface area (Å²) in [6.45, 7) is 2.44. The maximum Gasteiger partial charge on any atom is 0.341 e. The topological polar surface area (TPSA) is 155 Å². The first-order valence-electron chi connectivity index (χ1n) is 9.26.